The maximum Gasteiger partial charge on any atom is 0.339 e. The molecule has 0 unspecified atom stereocenters. The molecule has 0 fully saturated rings. The minimum atomic E-state index is -0.984. The van der Waals surface area contributed by atoms with E-state index < -0.39 is 5.97 Å². The third-order valence-electron chi connectivity index (χ3n) is 2.90. The Kier molecular flexibility index (Phi) is 3.41. The number of aromatic nitrogens is 2. The minimum absolute atomic E-state index is 0.217. The van der Waals surface area contributed by atoms with Crippen molar-refractivity contribution in [3.05, 3.63) is 40.7 Å². The van der Waals surface area contributed by atoms with Gasteiger partial charge in [0.1, 0.15) is 11.3 Å². The maximum atomic E-state index is 11.2. The number of carbonyl (C=O) groups is 1. The van der Waals surface area contributed by atoms with Gasteiger partial charge in [-0.15, -0.1) is 0 Å². The molecule has 0 amide bonds. The molecule has 0 atom stereocenters. The van der Waals surface area contributed by atoms with E-state index in [2.05, 4.69) is 10.2 Å². The van der Waals surface area contributed by atoms with E-state index in [-0.39, 0.29) is 5.56 Å². The highest BCUT2D eigenvalue weighted by molar-refractivity contribution is 5.90. The third kappa shape index (κ3) is 2.52. The van der Waals surface area contributed by atoms with Gasteiger partial charge in [0.05, 0.1) is 18.5 Å². The molecule has 1 aromatic carbocycles. The van der Waals surface area contributed by atoms with Crippen LogP contribution in [0, 0.1) is 6.92 Å². The molecule has 2 rings (SSSR count). The first-order chi connectivity index (χ1) is 9.02. The van der Waals surface area contributed by atoms with Crippen molar-refractivity contribution < 1.29 is 14.6 Å². The Morgan fingerprint density at radius 1 is 1.53 bits per heavy atom. The topological polar surface area (TPSA) is 101 Å². The van der Waals surface area contributed by atoms with Gasteiger partial charge in [-0.05, 0) is 24.6 Å². The highest BCUT2D eigenvalue weighted by Crippen LogP contribution is 2.24. The van der Waals surface area contributed by atoms with Crippen molar-refractivity contribution in [2.45, 2.75) is 13.3 Å². The average molecular weight is 261 g/mol. The van der Waals surface area contributed by atoms with E-state index in [9.17, 15) is 4.79 Å². The number of hydrogen-bond acceptors (Lipinski definition) is 4. The monoisotopic (exact) mass is 261 g/mol. The number of nitrogens with two attached hydrogens (primary N) is 1. The van der Waals surface area contributed by atoms with Crippen LogP contribution in [0.25, 0.3) is 0 Å². The van der Waals surface area contributed by atoms with Gasteiger partial charge in [-0.3, -0.25) is 5.10 Å². The van der Waals surface area contributed by atoms with Gasteiger partial charge in [-0.1, -0.05) is 6.07 Å². The molecule has 2 aromatic rings. The molecule has 0 aliphatic heterocycles. The zero-order valence-electron chi connectivity index (χ0n) is 10.7. The van der Waals surface area contributed by atoms with Crippen molar-refractivity contribution in [3.8, 4) is 5.75 Å². The number of benzene rings is 1. The zero-order valence-corrected chi connectivity index (χ0v) is 10.7. The molecule has 0 saturated carbocycles. The number of nitrogen functional groups attached to an aromatic ring is 1. The van der Waals surface area contributed by atoms with Crippen molar-refractivity contribution in [1.82, 2.24) is 10.2 Å². The largest absolute Gasteiger partial charge is 0.495 e. The molecule has 0 radical (unpaired) electrons. The summed E-state index contributed by atoms with van der Waals surface area (Å²) in [5.74, 6) is -0.386. The summed E-state index contributed by atoms with van der Waals surface area (Å²) in [5.41, 5.74) is 8.48. The molecule has 6 heteroatoms. The average Bonchev–Trinajstić information content (AvgIpc) is 2.70. The van der Waals surface area contributed by atoms with Crippen LogP contribution in [0.2, 0.25) is 0 Å². The first-order valence-corrected chi connectivity index (χ1v) is 5.72. The number of H-pyrrole nitrogens is 1. The normalized spacial score (nSPS) is 10.4. The molecule has 0 aliphatic rings. The third-order valence-corrected chi connectivity index (χ3v) is 2.90. The number of nitrogens with one attached hydrogen (secondary N) is 1. The van der Waals surface area contributed by atoms with Crippen molar-refractivity contribution in [2.75, 3.05) is 12.8 Å². The highest BCUT2D eigenvalue weighted by atomic mass is 16.5. The van der Waals surface area contributed by atoms with Crippen LogP contribution in [-0.4, -0.2) is 28.4 Å². The van der Waals surface area contributed by atoms with Crippen molar-refractivity contribution in [1.29, 1.82) is 0 Å². The lowest BCUT2D eigenvalue weighted by Crippen LogP contribution is -2.03. The molecule has 0 saturated heterocycles. The fourth-order valence-corrected chi connectivity index (χ4v) is 1.98. The lowest BCUT2D eigenvalue weighted by molar-refractivity contribution is 0.0695. The Morgan fingerprint density at radius 2 is 2.26 bits per heavy atom. The van der Waals surface area contributed by atoms with E-state index in [0.717, 1.165) is 5.56 Å². The molecule has 0 aliphatic carbocycles. The van der Waals surface area contributed by atoms with Crippen LogP contribution in [0.1, 0.15) is 27.3 Å². The van der Waals surface area contributed by atoms with Crippen LogP contribution in [0.3, 0.4) is 0 Å². The van der Waals surface area contributed by atoms with Crippen LogP contribution < -0.4 is 10.5 Å². The second kappa shape index (κ2) is 5.01. The van der Waals surface area contributed by atoms with Gasteiger partial charge in [-0.25, -0.2) is 4.79 Å². The molecule has 100 valence electrons. The Balaban J connectivity index is 2.31. The summed E-state index contributed by atoms with van der Waals surface area (Å²) < 4.78 is 5.08. The zero-order chi connectivity index (χ0) is 14.0. The van der Waals surface area contributed by atoms with Gasteiger partial charge in [0.2, 0.25) is 0 Å². The fourth-order valence-electron chi connectivity index (χ4n) is 1.98. The van der Waals surface area contributed by atoms with Crippen molar-refractivity contribution >= 4 is 11.7 Å². The van der Waals surface area contributed by atoms with E-state index in [1.807, 2.05) is 6.07 Å². The Bertz CT molecular complexity index is 620. The Labute approximate surface area is 110 Å². The van der Waals surface area contributed by atoms with Crippen molar-refractivity contribution in [2.24, 2.45) is 0 Å². The van der Waals surface area contributed by atoms with Crippen LogP contribution in [0.5, 0.6) is 5.75 Å². The quantitative estimate of drug-likeness (QED) is 0.725. The summed E-state index contributed by atoms with van der Waals surface area (Å²) >= 11 is 0. The maximum absolute atomic E-state index is 11.2. The summed E-state index contributed by atoms with van der Waals surface area (Å²) in [7, 11) is 1.55. The summed E-state index contributed by atoms with van der Waals surface area (Å²) in [6.45, 7) is 1.68. The predicted octanol–water partition coefficient (Wildman–Crippen LogP) is 1.60. The molecular formula is C13H15N3O3. The van der Waals surface area contributed by atoms with Gasteiger partial charge < -0.3 is 15.6 Å². The number of hydrogen-bond donors (Lipinski definition) is 3. The molecular weight excluding hydrogens is 246 g/mol. The molecule has 1 aromatic heterocycles. The minimum Gasteiger partial charge on any atom is -0.495 e. The summed E-state index contributed by atoms with van der Waals surface area (Å²) in [6.07, 6.45) is 0.403. The van der Waals surface area contributed by atoms with E-state index in [1.165, 1.54) is 0 Å². The number of aryl methyl sites for hydroxylation is 1. The van der Waals surface area contributed by atoms with Crippen molar-refractivity contribution in [3.63, 3.8) is 0 Å². The number of methoxy groups -OCH3 is 1. The second-order valence-corrected chi connectivity index (χ2v) is 4.23. The first kappa shape index (κ1) is 12.9. The molecule has 6 nitrogen and oxygen atoms in total. The molecule has 19 heavy (non-hydrogen) atoms. The number of aromatic amines is 1. The standard InChI is InChI=1S/C13H15N3O3/c1-7-12(13(17)18)10(16-15-7)6-8-3-4-11(19-2)9(14)5-8/h3-5H,6,14H2,1-2H3,(H,15,16)(H,17,18). The fraction of sp³-hybridized carbons (Fsp3) is 0.231. The predicted molar refractivity (Wildman–Crippen MR) is 70.5 cm³/mol. The number of carboxylic acid groups (broad SMARTS) is 1. The lowest BCUT2D eigenvalue weighted by atomic mass is 10.0. The van der Waals surface area contributed by atoms with Crippen LogP contribution in [-0.2, 0) is 6.42 Å². The summed E-state index contributed by atoms with van der Waals surface area (Å²) in [6, 6.07) is 5.35. The number of anilines is 1. The van der Waals surface area contributed by atoms with Crippen LogP contribution in [0.4, 0.5) is 5.69 Å². The second-order valence-electron chi connectivity index (χ2n) is 4.23. The molecule has 0 bridgehead atoms. The Hall–Kier alpha value is -2.50. The number of carboxylic acids is 1. The van der Waals surface area contributed by atoms with Gasteiger partial charge in [-0.2, -0.15) is 5.10 Å². The molecule has 1 heterocycles. The van der Waals surface area contributed by atoms with E-state index >= 15 is 0 Å². The molecule has 0 spiro atoms. The van der Waals surface area contributed by atoms with Gasteiger partial charge >= 0.3 is 5.97 Å². The molecule has 4 N–H and O–H groups in total. The SMILES string of the molecule is COc1ccc(Cc2n[nH]c(C)c2C(=O)O)cc1N. The van der Waals surface area contributed by atoms with Gasteiger partial charge in [0.25, 0.3) is 0 Å². The van der Waals surface area contributed by atoms with E-state index in [4.69, 9.17) is 15.6 Å². The summed E-state index contributed by atoms with van der Waals surface area (Å²) in [4.78, 5) is 11.2. The van der Waals surface area contributed by atoms with Gasteiger partial charge in [0, 0.05) is 12.1 Å². The summed E-state index contributed by atoms with van der Waals surface area (Å²) in [5, 5.41) is 15.9. The van der Waals surface area contributed by atoms with Crippen LogP contribution >= 0.6 is 0 Å². The lowest BCUT2D eigenvalue weighted by Gasteiger charge is -2.06. The van der Waals surface area contributed by atoms with Crippen LogP contribution in [0.15, 0.2) is 18.2 Å². The number of rotatable bonds is 4. The highest BCUT2D eigenvalue weighted by Gasteiger charge is 2.17. The first-order valence-electron chi connectivity index (χ1n) is 5.72. The Morgan fingerprint density at radius 3 is 2.84 bits per heavy atom. The number of nitrogens with zero attached hydrogens (tertiary/aromatic N) is 1. The smallest absolute Gasteiger partial charge is 0.339 e. The number of ether oxygens (including phenoxy) is 1. The van der Waals surface area contributed by atoms with Gasteiger partial charge in [0.15, 0.2) is 0 Å². The number of aromatic carboxylic acids is 1. The van der Waals surface area contributed by atoms with E-state index in [1.54, 1.807) is 26.2 Å². The van der Waals surface area contributed by atoms with E-state index in [0.29, 0.717) is 29.2 Å².